The molecule has 0 unspecified atom stereocenters. The molecule has 0 fully saturated rings. The number of halogens is 5. The second-order valence-corrected chi connectivity index (χ2v) is 5.91. The minimum atomic E-state index is -4.70. The first-order chi connectivity index (χ1) is 12.7. The van der Waals surface area contributed by atoms with Crippen LogP contribution < -0.4 is 10.5 Å². The Labute approximate surface area is 150 Å². The molecule has 3 rings (SSSR count). The van der Waals surface area contributed by atoms with Crippen LogP contribution in [0.2, 0.25) is 0 Å². The molecule has 1 heterocycles. The van der Waals surface area contributed by atoms with E-state index in [2.05, 4.69) is 0 Å². The molecular formula is C19H14F5NO2. The zero-order chi connectivity index (χ0) is 19.8. The molecule has 0 N–H and O–H groups in total. The summed E-state index contributed by atoms with van der Waals surface area (Å²) in [6, 6.07) is 7.36. The van der Waals surface area contributed by atoms with E-state index in [1.54, 1.807) is 11.8 Å². The normalized spacial score (nSPS) is 11.8. The van der Waals surface area contributed by atoms with Crippen molar-refractivity contribution in [2.24, 2.45) is 0 Å². The molecule has 142 valence electrons. The van der Waals surface area contributed by atoms with Crippen molar-refractivity contribution in [3.63, 3.8) is 0 Å². The fourth-order valence-electron chi connectivity index (χ4n) is 2.84. The van der Waals surface area contributed by atoms with Gasteiger partial charge in [0, 0.05) is 41.9 Å². The molecule has 0 aliphatic heterocycles. The Morgan fingerprint density at radius 3 is 2.44 bits per heavy atom. The standard InChI is InChI=1S/C19H14F5NO2/c1-2-25(10-11-7-12(20)3-6-16(11)21)13-4-5-14-15(19(22,23)24)9-18(26)27-17(14)8-13/h3-9H,2,10H2,1H3. The quantitative estimate of drug-likeness (QED) is 0.463. The summed E-state index contributed by atoms with van der Waals surface area (Å²) in [5.41, 5.74) is -1.92. The van der Waals surface area contributed by atoms with E-state index >= 15 is 0 Å². The molecule has 0 atom stereocenters. The first kappa shape index (κ1) is 18.9. The Bertz CT molecular complexity index is 1040. The Balaban J connectivity index is 2.05. The number of nitrogens with zero attached hydrogens (tertiary/aromatic N) is 1. The number of hydrogen-bond donors (Lipinski definition) is 0. The van der Waals surface area contributed by atoms with Crippen molar-refractivity contribution >= 4 is 16.7 Å². The third-order valence-electron chi connectivity index (χ3n) is 4.15. The number of hydrogen-bond acceptors (Lipinski definition) is 3. The van der Waals surface area contributed by atoms with E-state index in [1.165, 1.54) is 18.2 Å². The van der Waals surface area contributed by atoms with Gasteiger partial charge < -0.3 is 9.32 Å². The smallest absolute Gasteiger partial charge is 0.417 e. The Hall–Kier alpha value is -2.90. The second kappa shape index (κ2) is 7.02. The van der Waals surface area contributed by atoms with Gasteiger partial charge in [-0.3, -0.25) is 0 Å². The topological polar surface area (TPSA) is 33.5 Å². The molecule has 1 aromatic heterocycles. The lowest BCUT2D eigenvalue weighted by molar-refractivity contribution is -0.136. The van der Waals surface area contributed by atoms with E-state index in [4.69, 9.17) is 4.42 Å². The predicted octanol–water partition coefficient (Wildman–Crippen LogP) is 5.12. The van der Waals surface area contributed by atoms with Gasteiger partial charge in [0.1, 0.15) is 17.2 Å². The van der Waals surface area contributed by atoms with E-state index in [1.807, 2.05) is 0 Å². The molecule has 2 aromatic carbocycles. The van der Waals surface area contributed by atoms with Crippen LogP contribution in [0, 0.1) is 11.6 Å². The highest BCUT2D eigenvalue weighted by Gasteiger charge is 2.33. The highest BCUT2D eigenvalue weighted by molar-refractivity contribution is 5.84. The maximum atomic E-state index is 13.9. The first-order valence-corrected chi connectivity index (χ1v) is 8.03. The van der Waals surface area contributed by atoms with Crippen LogP contribution in [0.3, 0.4) is 0 Å². The Morgan fingerprint density at radius 1 is 1.04 bits per heavy atom. The maximum Gasteiger partial charge on any atom is 0.417 e. The van der Waals surface area contributed by atoms with Crippen LogP contribution in [0.1, 0.15) is 18.1 Å². The van der Waals surface area contributed by atoms with Crippen LogP contribution in [0.15, 0.2) is 51.7 Å². The third-order valence-corrected chi connectivity index (χ3v) is 4.15. The van der Waals surface area contributed by atoms with Crippen molar-refractivity contribution < 1.29 is 26.4 Å². The van der Waals surface area contributed by atoms with Crippen molar-refractivity contribution in [3.05, 3.63) is 75.6 Å². The van der Waals surface area contributed by atoms with E-state index in [0.717, 1.165) is 18.2 Å². The average Bonchev–Trinajstić information content (AvgIpc) is 2.60. The van der Waals surface area contributed by atoms with Crippen molar-refractivity contribution in [1.29, 1.82) is 0 Å². The van der Waals surface area contributed by atoms with Crippen LogP contribution >= 0.6 is 0 Å². The molecule has 0 amide bonds. The highest BCUT2D eigenvalue weighted by Crippen LogP contribution is 2.35. The summed E-state index contributed by atoms with van der Waals surface area (Å²) in [7, 11) is 0. The van der Waals surface area contributed by atoms with Gasteiger partial charge in [-0.1, -0.05) is 0 Å². The minimum absolute atomic E-state index is 0.00516. The van der Waals surface area contributed by atoms with E-state index < -0.39 is 29.0 Å². The number of fused-ring (bicyclic) bond motifs is 1. The summed E-state index contributed by atoms with van der Waals surface area (Å²) in [4.78, 5) is 13.1. The van der Waals surface area contributed by atoms with Gasteiger partial charge in [-0.25, -0.2) is 13.6 Å². The van der Waals surface area contributed by atoms with Crippen LogP contribution in [-0.2, 0) is 12.7 Å². The summed E-state index contributed by atoms with van der Waals surface area (Å²) in [6.07, 6.45) is -4.70. The van der Waals surface area contributed by atoms with Gasteiger partial charge in [0.15, 0.2) is 0 Å². The highest BCUT2D eigenvalue weighted by atomic mass is 19.4. The number of rotatable bonds is 4. The SMILES string of the molecule is CCN(Cc1cc(F)ccc1F)c1ccc2c(C(F)(F)F)cc(=O)oc2c1. The second-order valence-electron chi connectivity index (χ2n) is 5.91. The third kappa shape index (κ3) is 3.94. The van der Waals surface area contributed by atoms with Crippen LogP contribution in [0.25, 0.3) is 11.0 Å². The monoisotopic (exact) mass is 383 g/mol. The number of benzene rings is 2. The lowest BCUT2D eigenvalue weighted by Crippen LogP contribution is -2.22. The predicted molar refractivity (Wildman–Crippen MR) is 90.6 cm³/mol. The summed E-state index contributed by atoms with van der Waals surface area (Å²) in [6.45, 7) is 2.11. The van der Waals surface area contributed by atoms with E-state index in [0.29, 0.717) is 18.3 Å². The molecule has 0 saturated heterocycles. The Morgan fingerprint density at radius 2 is 1.78 bits per heavy atom. The number of anilines is 1. The largest absolute Gasteiger partial charge is 0.423 e. The van der Waals surface area contributed by atoms with Gasteiger partial charge in [-0.2, -0.15) is 13.2 Å². The van der Waals surface area contributed by atoms with Crippen molar-refractivity contribution in [1.82, 2.24) is 0 Å². The molecule has 0 bridgehead atoms. The first-order valence-electron chi connectivity index (χ1n) is 8.03. The molecule has 0 spiro atoms. The summed E-state index contributed by atoms with van der Waals surface area (Å²) in [5.74, 6) is -1.19. The molecule has 27 heavy (non-hydrogen) atoms. The minimum Gasteiger partial charge on any atom is -0.423 e. The summed E-state index contributed by atoms with van der Waals surface area (Å²) in [5, 5.41) is -0.251. The van der Waals surface area contributed by atoms with Gasteiger partial charge in [0.25, 0.3) is 0 Å². The van der Waals surface area contributed by atoms with Crippen LogP contribution in [-0.4, -0.2) is 6.54 Å². The van der Waals surface area contributed by atoms with Crippen LogP contribution in [0.5, 0.6) is 0 Å². The summed E-state index contributed by atoms with van der Waals surface area (Å²) < 4.78 is 71.5. The fourth-order valence-corrected chi connectivity index (χ4v) is 2.84. The molecule has 0 saturated carbocycles. The van der Waals surface area contributed by atoms with E-state index in [9.17, 15) is 26.7 Å². The van der Waals surface area contributed by atoms with Gasteiger partial charge >= 0.3 is 11.8 Å². The van der Waals surface area contributed by atoms with Crippen molar-refractivity contribution in [3.8, 4) is 0 Å². The van der Waals surface area contributed by atoms with Gasteiger partial charge in [0.2, 0.25) is 0 Å². The van der Waals surface area contributed by atoms with Gasteiger partial charge in [0.05, 0.1) is 5.56 Å². The van der Waals surface area contributed by atoms with Crippen molar-refractivity contribution in [2.45, 2.75) is 19.6 Å². The maximum absolute atomic E-state index is 13.9. The lowest BCUT2D eigenvalue weighted by Gasteiger charge is -2.24. The van der Waals surface area contributed by atoms with Crippen LogP contribution in [0.4, 0.5) is 27.6 Å². The molecule has 3 nitrogen and oxygen atoms in total. The van der Waals surface area contributed by atoms with Gasteiger partial charge in [-0.15, -0.1) is 0 Å². The fraction of sp³-hybridized carbons (Fsp3) is 0.211. The molecule has 8 heteroatoms. The molecule has 0 radical (unpaired) electrons. The number of alkyl halides is 3. The lowest BCUT2D eigenvalue weighted by atomic mass is 10.1. The van der Waals surface area contributed by atoms with Gasteiger partial charge in [-0.05, 0) is 37.3 Å². The molecule has 3 aromatic rings. The van der Waals surface area contributed by atoms with E-state index in [-0.39, 0.29) is 23.1 Å². The van der Waals surface area contributed by atoms with Crippen molar-refractivity contribution in [2.75, 3.05) is 11.4 Å². The molecule has 0 aliphatic carbocycles. The molecule has 0 aliphatic rings. The zero-order valence-electron chi connectivity index (χ0n) is 14.1. The Kier molecular flexibility index (Phi) is 4.91. The average molecular weight is 383 g/mol. The summed E-state index contributed by atoms with van der Waals surface area (Å²) >= 11 is 0. The zero-order valence-corrected chi connectivity index (χ0v) is 14.1. The molecular weight excluding hydrogens is 369 g/mol.